The minimum atomic E-state index is -3.55. The van der Waals surface area contributed by atoms with Crippen LogP contribution in [0.5, 0.6) is 0 Å². The second-order valence-electron chi connectivity index (χ2n) is 7.83. The number of piperidine rings is 1. The van der Waals surface area contributed by atoms with E-state index in [2.05, 4.69) is 10.8 Å². The van der Waals surface area contributed by atoms with Gasteiger partial charge in [-0.15, -0.1) is 0 Å². The maximum Gasteiger partial charge on any atom is 0.243 e. The molecule has 1 aliphatic heterocycles. The van der Waals surface area contributed by atoms with Gasteiger partial charge in [-0.05, 0) is 50.7 Å². The largest absolute Gasteiger partial charge is 0.341 e. The number of rotatable bonds is 5. The van der Waals surface area contributed by atoms with Gasteiger partial charge in [-0.25, -0.2) is 13.1 Å². The number of amides is 1. The van der Waals surface area contributed by atoms with Crippen LogP contribution in [0.25, 0.3) is 0 Å². The zero-order valence-electron chi connectivity index (χ0n) is 15.8. The number of benzene rings is 1. The van der Waals surface area contributed by atoms with Gasteiger partial charge in [0.2, 0.25) is 15.9 Å². The lowest BCUT2D eigenvalue weighted by Gasteiger charge is -2.36. The zero-order valence-corrected chi connectivity index (χ0v) is 16.6. The minimum absolute atomic E-state index is 0.0615. The molecular formula is C20H27N3O3S. The summed E-state index contributed by atoms with van der Waals surface area (Å²) in [6, 6.07) is 9.03. The maximum absolute atomic E-state index is 12.9. The Balaban J connectivity index is 1.61. The Hall–Kier alpha value is -1.91. The number of hydrogen-bond acceptors (Lipinski definition) is 4. The fourth-order valence-corrected chi connectivity index (χ4v) is 5.22. The molecule has 1 N–H and O–H groups in total. The maximum atomic E-state index is 12.9. The molecule has 27 heavy (non-hydrogen) atoms. The Labute approximate surface area is 161 Å². The van der Waals surface area contributed by atoms with E-state index in [4.69, 9.17) is 0 Å². The number of nitrogens with one attached hydrogen (secondary N) is 1. The molecular weight excluding hydrogens is 362 g/mol. The Morgan fingerprint density at radius 3 is 2.56 bits per heavy atom. The first-order valence-electron chi connectivity index (χ1n) is 9.63. The molecule has 1 saturated heterocycles. The molecule has 1 unspecified atom stereocenters. The van der Waals surface area contributed by atoms with E-state index in [1.165, 1.54) is 0 Å². The molecule has 0 radical (unpaired) electrons. The summed E-state index contributed by atoms with van der Waals surface area (Å²) in [5.41, 5.74) is 0.150. The number of carbonyl (C=O) groups is 1. The predicted molar refractivity (Wildman–Crippen MR) is 102 cm³/mol. The van der Waals surface area contributed by atoms with Crippen molar-refractivity contribution in [2.75, 3.05) is 19.6 Å². The van der Waals surface area contributed by atoms with Crippen LogP contribution in [0, 0.1) is 29.6 Å². The third-order valence-corrected chi connectivity index (χ3v) is 7.22. The third kappa shape index (κ3) is 4.33. The van der Waals surface area contributed by atoms with Crippen LogP contribution < -0.4 is 4.72 Å². The van der Waals surface area contributed by atoms with Crippen molar-refractivity contribution < 1.29 is 13.2 Å². The Kier molecular flexibility index (Phi) is 5.87. The van der Waals surface area contributed by atoms with Gasteiger partial charge in [0.1, 0.15) is 5.41 Å². The first-order chi connectivity index (χ1) is 12.9. The van der Waals surface area contributed by atoms with E-state index >= 15 is 0 Å². The molecule has 0 bridgehead atoms. The zero-order chi connectivity index (χ0) is 19.5. The second kappa shape index (κ2) is 7.99. The highest BCUT2D eigenvalue weighted by Crippen LogP contribution is 2.39. The van der Waals surface area contributed by atoms with Crippen molar-refractivity contribution in [3.05, 3.63) is 29.8 Å². The third-order valence-electron chi connectivity index (χ3n) is 5.78. The van der Waals surface area contributed by atoms with Crippen molar-refractivity contribution in [1.82, 2.24) is 9.62 Å². The Morgan fingerprint density at radius 1 is 1.26 bits per heavy atom. The van der Waals surface area contributed by atoms with Crippen molar-refractivity contribution in [3.8, 4) is 6.07 Å². The average molecular weight is 390 g/mol. The van der Waals surface area contributed by atoms with E-state index in [-0.39, 0.29) is 16.7 Å². The summed E-state index contributed by atoms with van der Waals surface area (Å²) < 4.78 is 27.6. The molecule has 2 aliphatic rings. The summed E-state index contributed by atoms with van der Waals surface area (Å²) >= 11 is 0. The smallest absolute Gasteiger partial charge is 0.243 e. The standard InChI is InChI=1S/C20H27N3O3S/c1-16-6-8-18(9-7-16)27(25,26)22-13-17-5-4-12-23(14-17)19(24)20(15-21)10-2-3-11-20/h6-9,17,22H,2-5,10-14H2,1H3. The summed E-state index contributed by atoms with van der Waals surface area (Å²) in [7, 11) is -3.55. The first kappa shape index (κ1) is 19.8. The Bertz CT molecular complexity index is 821. The molecule has 1 aliphatic carbocycles. The van der Waals surface area contributed by atoms with Gasteiger partial charge in [-0.1, -0.05) is 30.5 Å². The summed E-state index contributed by atoms with van der Waals surface area (Å²) in [4.78, 5) is 15.0. The van der Waals surface area contributed by atoms with Gasteiger partial charge >= 0.3 is 0 Å². The van der Waals surface area contributed by atoms with Crippen molar-refractivity contribution in [3.63, 3.8) is 0 Å². The molecule has 0 spiro atoms. The van der Waals surface area contributed by atoms with Crippen LogP contribution in [0.2, 0.25) is 0 Å². The van der Waals surface area contributed by atoms with Gasteiger partial charge in [-0.3, -0.25) is 4.79 Å². The van der Waals surface area contributed by atoms with Crippen LogP contribution in [0.15, 0.2) is 29.2 Å². The van der Waals surface area contributed by atoms with Gasteiger partial charge in [0, 0.05) is 19.6 Å². The number of hydrogen-bond donors (Lipinski definition) is 1. The second-order valence-corrected chi connectivity index (χ2v) is 9.59. The fraction of sp³-hybridized carbons (Fsp3) is 0.600. The molecule has 1 amide bonds. The van der Waals surface area contributed by atoms with Crippen molar-refractivity contribution in [1.29, 1.82) is 5.26 Å². The van der Waals surface area contributed by atoms with E-state index in [1.807, 2.05) is 6.92 Å². The van der Waals surface area contributed by atoms with E-state index in [0.29, 0.717) is 32.5 Å². The van der Waals surface area contributed by atoms with Crippen LogP contribution in [0.4, 0.5) is 0 Å². The topological polar surface area (TPSA) is 90.3 Å². The molecule has 3 rings (SSSR count). The molecule has 146 valence electrons. The fourth-order valence-electron chi connectivity index (χ4n) is 4.10. The average Bonchev–Trinajstić information content (AvgIpc) is 3.17. The number of nitriles is 1. The number of sulfonamides is 1. The quantitative estimate of drug-likeness (QED) is 0.838. The molecule has 6 nitrogen and oxygen atoms in total. The van der Waals surface area contributed by atoms with Crippen molar-refractivity contribution in [2.24, 2.45) is 11.3 Å². The van der Waals surface area contributed by atoms with Gasteiger partial charge in [0.25, 0.3) is 0 Å². The van der Waals surface area contributed by atoms with Crippen LogP contribution in [0.1, 0.15) is 44.1 Å². The predicted octanol–water partition coefficient (Wildman–Crippen LogP) is 2.60. The van der Waals surface area contributed by atoms with E-state index in [1.54, 1.807) is 29.2 Å². The van der Waals surface area contributed by atoms with Gasteiger partial charge in [0.05, 0.1) is 11.0 Å². The monoisotopic (exact) mass is 389 g/mol. The number of likely N-dealkylation sites (tertiary alicyclic amines) is 1. The molecule has 1 aromatic rings. The molecule has 0 aromatic heterocycles. The number of nitrogens with zero attached hydrogens (tertiary/aromatic N) is 2. The molecule has 1 atom stereocenters. The van der Waals surface area contributed by atoms with E-state index in [0.717, 1.165) is 31.2 Å². The van der Waals surface area contributed by atoms with Crippen LogP contribution in [-0.4, -0.2) is 38.9 Å². The van der Waals surface area contributed by atoms with Crippen molar-refractivity contribution in [2.45, 2.75) is 50.3 Å². The van der Waals surface area contributed by atoms with Gasteiger partial charge < -0.3 is 4.90 Å². The Morgan fingerprint density at radius 2 is 1.93 bits per heavy atom. The lowest BCUT2D eigenvalue weighted by atomic mass is 9.85. The number of carbonyl (C=O) groups excluding carboxylic acids is 1. The lowest BCUT2D eigenvalue weighted by molar-refractivity contribution is -0.140. The van der Waals surface area contributed by atoms with E-state index in [9.17, 15) is 18.5 Å². The highest BCUT2D eigenvalue weighted by Gasteiger charge is 2.44. The SMILES string of the molecule is Cc1ccc(S(=O)(=O)NCC2CCCN(C(=O)C3(C#N)CCCC3)C2)cc1. The minimum Gasteiger partial charge on any atom is -0.341 e. The number of aryl methyl sites for hydroxylation is 1. The van der Waals surface area contributed by atoms with Gasteiger partial charge in [-0.2, -0.15) is 5.26 Å². The summed E-state index contributed by atoms with van der Waals surface area (Å²) in [5.74, 6) is 0.00802. The molecule has 1 heterocycles. The lowest BCUT2D eigenvalue weighted by Crippen LogP contribution is -2.48. The van der Waals surface area contributed by atoms with Crippen LogP contribution in [0.3, 0.4) is 0 Å². The highest BCUT2D eigenvalue weighted by molar-refractivity contribution is 7.89. The summed E-state index contributed by atoms with van der Waals surface area (Å²) in [5, 5.41) is 9.55. The molecule has 7 heteroatoms. The van der Waals surface area contributed by atoms with Crippen molar-refractivity contribution >= 4 is 15.9 Å². The first-order valence-corrected chi connectivity index (χ1v) is 11.1. The molecule has 2 fully saturated rings. The van der Waals surface area contributed by atoms with Crippen LogP contribution >= 0.6 is 0 Å². The summed E-state index contributed by atoms with van der Waals surface area (Å²) in [6.07, 6.45) is 4.84. The van der Waals surface area contributed by atoms with Gasteiger partial charge in [0.15, 0.2) is 0 Å². The molecule has 1 saturated carbocycles. The van der Waals surface area contributed by atoms with E-state index < -0.39 is 15.4 Å². The summed E-state index contributed by atoms with van der Waals surface area (Å²) in [6.45, 7) is 3.39. The normalized spacial score (nSPS) is 22.4. The highest BCUT2D eigenvalue weighted by atomic mass is 32.2. The van der Waals surface area contributed by atoms with Crippen LogP contribution in [-0.2, 0) is 14.8 Å². The molecule has 1 aromatic carbocycles.